The summed E-state index contributed by atoms with van der Waals surface area (Å²) < 4.78 is 43.1. The molecule has 0 saturated carbocycles. The summed E-state index contributed by atoms with van der Waals surface area (Å²) in [5.41, 5.74) is 0.810. The molecule has 0 aliphatic carbocycles. The zero-order valence-corrected chi connectivity index (χ0v) is 12.3. The summed E-state index contributed by atoms with van der Waals surface area (Å²) in [7, 11) is -3.70. The van der Waals surface area contributed by atoms with Crippen molar-refractivity contribution in [2.75, 3.05) is 0 Å². The lowest BCUT2D eigenvalue weighted by molar-refractivity contribution is 0.519. The van der Waals surface area contributed by atoms with Crippen molar-refractivity contribution in [3.63, 3.8) is 0 Å². The first-order valence-corrected chi connectivity index (χ1v) is 8.18. The number of rotatable bonds is 4. The molecule has 0 spiro atoms. The van der Waals surface area contributed by atoms with Gasteiger partial charge in [0.1, 0.15) is 11.6 Å². The molecular formula is C16H12FNO3S. The van der Waals surface area contributed by atoms with Gasteiger partial charge in [0.15, 0.2) is 15.6 Å². The molecule has 3 rings (SSSR count). The predicted octanol–water partition coefficient (Wildman–Crippen LogP) is 3.45. The van der Waals surface area contributed by atoms with E-state index < -0.39 is 21.4 Å². The number of halogens is 1. The second kappa shape index (κ2) is 5.73. The molecule has 22 heavy (non-hydrogen) atoms. The Morgan fingerprint density at radius 3 is 2.55 bits per heavy atom. The zero-order chi connectivity index (χ0) is 15.6. The third-order valence-corrected chi connectivity index (χ3v) is 4.68. The van der Waals surface area contributed by atoms with E-state index in [0.29, 0.717) is 5.76 Å². The Morgan fingerprint density at radius 2 is 1.82 bits per heavy atom. The SMILES string of the molecule is O=S(=O)(Cc1ncc(-c2ccccc2)o1)c1cccc(F)c1. The van der Waals surface area contributed by atoms with Gasteiger partial charge in [0.05, 0.1) is 11.1 Å². The Morgan fingerprint density at radius 1 is 1.05 bits per heavy atom. The fourth-order valence-electron chi connectivity index (χ4n) is 2.02. The number of nitrogens with zero attached hydrogens (tertiary/aromatic N) is 1. The fraction of sp³-hybridized carbons (Fsp3) is 0.0625. The summed E-state index contributed by atoms with van der Waals surface area (Å²) in [6, 6.07) is 14.1. The smallest absolute Gasteiger partial charge is 0.210 e. The summed E-state index contributed by atoms with van der Waals surface area (Å²) in [5.74, 6) is -0.449. The second-order valence-electron chi connectivity index (χ2n) is 4.70. The molecule has 112 valence electrons. The van der Waals surface area contributed by atoms with E-state index in [-0.39, 0.29) is 10.8 Å². The topological polar surface area (TPSA) is 60.2 Å². The van der Waals surface area contributed by atoms with Crippen molar-refractivity contribution in [3.05, 3.63) is 72.5 Å². The normalized spacial score (nSPS) is 11.5. The molecule has 0 aliphatic heterocycles. The quantitative estimate of drug-likeness (QED) is 0.739. The molecule has 0 bridgehead atoms. The van der Waals surface area contributed by atoms with Crippen LogP contribution in [0.5, 0.6) is 0 Å². The average molecular weight is 317 g/mol. The van der Waals surface area contributed by atoms with Crippen molar-refractivity contribution in [2.45, 2.75) is 10.6 Å². The molecule has 4 nitrogen and oxygen atoms in total. The van der Waals surface area contributed by atoms with Crippen molar-refractivity contribution in [1.82, 2.24) is 4.98 Å². The Balaban J connectivity index is 1.86. The van der Waals surface area contributed by atoms with Gasteiger partial charge < -0.3 is 4.42 Å². The number of hydrogen-bond acceptors (Lipinski definition) is 4. The van der Waals surface area contributed by atoms with Gasteiger partial charge in [0.2, 0.25) is 5.89 Å². The molecule has 3 aromatic rings. The minimum absolute atomic E-state index is 0.0723. The van der Waals surface area contributed by atoms with E-state index in [1.165, 1.54) is 24.4 Å². The maximum atomic E-state index is 13.2. The molecule has 0 atom stereocenters. The number of sulfone groups is 1. The van der Waals surface area contributed by atoms with Crippen LogP contribution in [0.2, 0.25) is 0 Å². The molecule has 1 heterocycles. The van der Waals surface area contributed by atoms with Crippen LogP contribution in [0.3, 0.4) is 0 Å². The molecule has 0 N–H and O–H groups in total. The fourth-order valence-corrected chi connectivity index (χ4v) is 3.22. The highest BCUT2D eigenvalue weighted by Gasteiger charge is 2.19. The molecular weight excluding hydrogens is 305 g/mol. The van der Waals surface area contributed by atoms with Crippen molar-refractivity contribution in [1.29, 1.82) is 0 Å². The van der Waals surface area contributed by atoms with Gasteiger partial charge in [0.25, 0.3) is 0 Å². The van der Waals surface area contributed by atoms with Crippen LogP contribution >= 0.6 is 0 Å². The minimum Gasteiger partial charge on any atom is -0.440 e. The van der Waals surface area contributed by atoms with Gasteiger partial charge in [-0.1, -0.05) is 36.4 Å². The van der Waals surface area contributed by atoms with Gasteiger partial charge in [0, 0.05) is 5.56 Å². The second-order valence-corrected chi connectivity index (χ2v) is 6.69. The number of benzene rings is 2. The molecule has 2 aromatic carbocycles. The maximum Gasteiger partial charge on any atom is 0.210 e. The molecule has 0 radical (unpaired) electrons. The zero-order valence-electron chi connectivity index (χ0n) is 11.4. The molecule has 0 fully saturated rings. The summed E-state index contributed by atoms with van der Waals surface area (Å²) in [4.78, 5) is 3.90. The molecule has 0 unspecified atom stereocenters. The van der Waals surface area contributed by atoms with Crippen LogP contribution in [0, 0.1) is 5.82 Å². The lowest BCUT2D eigenvalue weighted by Crippen LogP contribution is -2.05. The van der Waals surface area contributed by atoms with Crippen molar-refractivity contribution < 1.29 is 17.2 Å². The van der Waals surface area contributed by atoms with Crippen LogP contribution in [-0.4, -0.2) is 13.4 Å². The Hall–Kier alpha value is -2.47. The first-order chi connectivity index (χ1) is 10.5. The Bertz CT molecular complexity index is 889. The Kier molecular flexibility index (Phi) is 3.77. The third-order valence-electron chi connectivity index (χ3n) is 3.08. The highest BCUT2D eigenvalue weighted by atomic mass is 32.2. The highest BCUT2D eigenvalue weighted by Crippen LogP contribution is 2.22. The van der Waals surface area contributed by atoms with E-state index in [1.807, 2.05) is 30.3 Å². The van der Waals surface area contributed by atoms with Crippen LogP contribution < -0.4 is 0 Å². The molecule has 0 saturated heterocycles. The number of hydrogen-bond donors (Lipinski definition) is 0. The first-order valence-electron chi connectivity index (χ1n) is 6.53. The van der Waals surface area contributed by atoms with Crippen molar-refractivity contribution >= 4 is 9.84 Å². The molecule has 0 amide bonds. The first kappa shape index (κ1) is 14.5. The summed E-state index contributed by atoms with van der Waals surface area (Å²) >= 11 is 0. The molecule has 0 aliphatic rings. The van der Waals surface area contributed by atoms with Crippen molar-refractivity contribution in [3.8, 4) is 11.3 Å². The van der Waals surface area contributed by atoms with E-state index in [1.54, 1.807) is 0 Å². The lowest BCUT2D eigenvalue weighted by Gasteiger charge is -2.02. The van der Waals surface area contributed by atoms with Gasteiger partial charge >= 0.3 is 0 Å². The average Bonchev–Trinajstić information content (AvgIpc) is 2.96. The summed E-state index contributed by atoms with van der Waals surface area (Å²) in [6.45, 7) is 0. The van der Waals surface area contributed by atoms with Crippen LogP contribution in [0.1, 0.15) is 5.89 Å². The molecule has 1 aromatic heterocycles. The van der Waals surface area contributed by atoms with Crippen LogP contribution in [0.25, 0.3) is 11.3 Å². The minimum atomic E-state index is -3.70. The van der Waals surface area contributed by atoms with Crippen LogP contribution in [0.4, 0.5) is 4.39 Å². The third kappa shape index (κ3) is 3.07. The van der Waals surface area contributed by atoms with Gasteiger partial charge in [-0.3, -0.25) is 0 Å². The lowest BCUT2D eigenvalue weighted by atomic mass is 10.2. The van der Waals surface area contributed by atoms with Crippen LogP contribution in [-0.2, 0) is 15.6 Å². The monoisotopic (exact) mass is 317 g/mol. The van der Waals surface area contributed by atoms with E-state index in [2.05, 4.69) is 4.98 Å². The van der Waals surface area contributed by atoms with E-state index >= 15 is 0 Å². The van der Waals surface area contributed by atoms with Gasteiger partial charge in [-0.05, 0) is 18.2 Å². The largest absolute Gasteiger partial charge is 0.440 e. The van der Waals surface area contributed by atoms with Crippen LogP contribution in [0.15, 0.2) is 70.1 Å². The number of aromatic nitrogens is 1. The summed E-state index contributed by atoms with van der Waals surface area (Å²) in [6.07, 6.45) is 1.48. The van der Waals surface area contributed by atoms with Gasteiger partial charge in [-0.25, -0.2) is 17.8 Å². The Labute approximate surface area is 127 Å². The standard InChI is InChI=1S/C16H12FNO3S/c17-13-7-4-8-14(9-13)22(19,20)11-16-18-10-15(21-16)12-5-2-1-3-6-12/h1-10H,11H2. The van der Waals surface area contributed by atoms with Gasteiger partial charge in [-0.15, -0.1) is 0 Å². The van der Waals surface area contributed by atoms with Crippen molar-refractivity contribution in [2.24, 2.45) is 0 Å². The summed E-state index contributed by atoms with van der Waals surface area (Å²) in [5, 5.41) is 0. The predicted molar refractivity (Wildman–Crippen MR) is 79.2 cm³/mol. The number of oxazole rings is 1. The van der Waals surface area contributed by atoms with Gasteiger partial charge in [-0.2, -0.15) is 0 Å². The van der Waals surface area contributed by atoms with E-state index in [4.69, 9.17) is 4.42 Å². The van der Waals surface area contributed by atoms with E-state index in [9.17, 15) is 12.8 Å². The highest BCUT2D eigenvalue weighted by molar-refractivity contribution is 7.90. The van der Waals surface area contributed by atoms with E-state index in [0.717, 1.165) is 11.6 Å². The molecule has 6 heteroatoms. The maximum absolute atomic E-state index is 13.2.